The van der Waals surface area contributed by atoms with Gasteiger partial charge in [-0.1, -0.05) is 13.0 Å². The van der Waals surface area contributed by atoms with Gasteiger partial charge in [0.05, 0.1) is 12.1 Å². The first-order valence-electron chi connectivity index (χ1n) is 5.96. The molecule has 0 aliphatic carbocycles. The van der Waals surface area contributed by atoms with Gasteiger partial charge >= 0.3 is 0 Å². The number of hydrogen-bond donors (Lipinski definition) is 1. The molecule has 0 aliphatic rings. The lowest BCUT2D eigenvalue weighted by Crippen LogP contribution is -2.11. The van der Waals surface area contributed by atoms with Crippen LogP contribution in [0.1, 0.15) is 25.1 Å². The van der Waals surface area contributed by atoms with Crippen molar-refractivity contribution < 1.29 is 4.74 Å². The molecule has 3 heteroatoms. The molecule has 0 spiro atoms. The molecule has 2 aromatic rings. The molecule has 0 bridgehead atoms. The Labute approximate surface area is 100 Å². The minimum absolute atomic E-state index is 0.0946. The van der Waals surface area contributed by atoms with Crippen molar-refractivity contribution in [3.63, 3.8) is 0 Å². The van der Waals surface area contributed by atoms with Gasteiger partial charge in [0.2, 0.25) is 0 Å². The summed E-state index contributed by atoms with van der Waals surface area (Å²) in [5.74, 6) is 0.747. The maximum absolute atomic E-state index is 12.2. The van der Waals surface area contributed by atoms with Crippen molar-refractivity contribution in [2.45, 2.75) is 27.2 Å². The van der Waals surface area contributed by atoms with Gasteiger partial charge in [-0.05, 0) is 32.4 Å². The molecule has 0 saturated heterocycles. The highest BCUT2D eigenvalue weighted by molar-refractivity contribution is 5.85. The minimum Gasteiger partial charge on any atom is -0.492 e. The summed E-state index contributed by atoms with van der Waals surface area (Å²) in [5.41, 5.74) is 2.68. The van der Waals surface area contributed by atoms with Crippen molar-refractivity contribution in [2.75, 3.05) is 6.61 Å². The van der Waals surface area contributed by atoms with E-state index in [-0.39, 0.29) is 5.43 Å². The van der Waals surface area contributed by atoms with Crippen LogP contribution in [0, 0.1) is 6.92 Å². The van der Waals surface area contributed by atoms with Crippen LogP contribution in [0.25, 0.3) is 10.9 Å². The maximum Gasteiger partial charge on any atom is 0.192 e. The van der Waals surface area contributed by atoms with E-state index >= 15 is 0 Å². The smallest absolute Gasteiger partial charge is 0.192 e. The molecule has 1 heterocycles. The van der Waals surface area contributed by atoms with Gasteiger partial charge < -0.3 is 9.72 Å². The van der Waals surface area contributed by atoms with Gasteiger partial charge in [-0.3, -0.25) is 4.79 Å². The van der Waals surface area contributed by atoms with Crippen molar-refractivity contribution in [1.82, 2.24) is 4.98 Å². The summed E-state index contributed by atoms with van der Waals surface area (Å²) in [6.07, 6.45) is 0.817. The average molecular weight is 231 g/mol. The van der Waals surface area contributed by atoms with E-state index in [4.69, 9.17) is 4.74 Å². The molecule has 90 valence electrons. The largest absolute Gasteiger partial charge is 0.492 e. The second-order valence-electron chi connectivity index (χ2n) is 4.02. The van der Waals surface area contributed by atoms with Crippen LogP contribution in [0.15, 0.2) is 23.0 Å². The Bertz CT molecular complexity index is 599. The molecule has 0 unspecified atom stereocenters. The fourth-order valence-electron chi connectivity index (χ4n) is 2.06. The highest BCUT2D eigenvalue weighted by Crippen LogP contribution is 2.22. The molecule has 2 rings (SSSR count). The van der Waals surface area contributed by atoms with Crippen molar-refractivity contribution in [3.8, 4) is 5.75 Å². The van der Waals surface area contributed by atoms with Crippen LogP contribution in [0.5, 0.6) is 5.75 Å². The maximum atomic E-state index is 12.2. The summed E-state index contributed by atoms with van der Waals surface area (Å²) in [6.45, 7) is 6.43. The Morgan fingerprint density at radius 3 is 2.71 bits per heavy atom. The van der Waals surface area contributed by atoms with Gasteiger partial charge in [-0.25, -0.2) is 0 Å². The van der Waals surface area contributed by atoms with Crippen LogP contribution >= 0.6 is 0 Å². The van der Waals surface area contributed by atoms with E-state index in [1.807, 2.05) is 39.0 Å². The monoisotopic (exact) mass is 231 g/mol. The number of H-pyrrole nitrogens is 1. The van der Waals surface area contributed by atoms with E-state index in [9.17, 15) is 4.79 Å². The molecule has 0 aliphatic heterocycles. The van der Waals surface area contributed by atoms with Crippen molar-refractivity contribution >= 4 is 10.9 Å². The molecule has 0 amide bonds. The molecule has 0 atom stereocenters. The van der Waals surface area contributed by atoms with Crippen LogP contribution in [0.4, 0.5) is 0 Å². The van der Waals surface area contributed by atoms with Gasteiger partial charge in [0.15, 0.2) is 5.43 Å². The highest BCUT2D eigenvalue weighted by atomic mass is 16.5. The molecule has 0 saturated carbocycles. The molecule has 1 aromatic heterocycles. The second-order valence-corrected chi connectivity index (χ2v) is 4.02. The molecule has 0 fully saturated rings. The zero-order valence-electron chi connectivity index (χ0n) is 10.5. The fraction of sp³-hybridized carbons (Fsp3) is 0.357. The molecule has 3 nitrogen and oxygen atoms in total. The summed E-state index contributed by atoms with van der Waals surface area (Å²) in [4.78, 5) is 15.5. The zero-order chi connectivity index (χ0) is 12.4. The van der Waals surface area contributed by atoms with Crippen LogP contribution in [0.2, 0.25) is 0 Å². The lowest BCUT2D eigenvalue weighted by Gasteiger charge is -2.10. The molecular formula is C14H17NO2. The standard InChI is InChI=1S/C14H17NO2/c1-4-11-9(3)14(16)10-7-6-8-12(17-5-2)13(10)15-11/h6-8H,4-5H2,1-3H3,(H,15,16). The van der Waals surface area contributed by atoms with Gasteiger partial charge in [0.25, 0.3) is 0 Å². The van der Waals surface area contributed by atoms with Gasteiger partial charge in [0, 0.05) is 16.6 Å². The Hall–Kier alpha value is -1.77. The van der Waals surface area contributed by atoms with E-state index in [1.54, 1.807) is 0 Å². The SMILES string of the molecule is CCOc1cccc2c(=O)c(C)c(CC)[nH]c12. The number of aromatic amines is 1. The minimum atomic E-state index is 0.0946. The van der Waals surface area contributed by atoms with Crippen LogP contribution in [-0.4, -0.2) is 11.6 Å². The quantitative estimate of drug-likeness (QED) is 0.882. The first kappa shape index (κ1) is 11.7. The third kappa shape index (κ3) is 1.93. The van der Waals surface area contributed by atoms with Gasteiger partial charge in [0.1, 0.15) is 5.75 Å². The number of aromatic nitrogens is 1. The second kappa shape index (κ2) is 4.62. The molecular weight excluding hydrogens is 214 g/mol. The van der Waals surface area contributed by atoms with E-state index in [2.05, 4.69) is 4.98 Å². The predicted molar refractivity (Wildman–Crippen MR) is 69.9 cm³/mol. The van der Waals surface area contributed by atoms with Gasteiger partial charge in [-0.15, -0.1) is 0 Å². The van der Waals surface area contributed by atoms with E-state index < -0.39 is 0 Å². The summed E-state index contributed by atoms with van der Waals surface area (Å²) >= 11 is 0. The van der Waals surface area contributed by atoms with E-state index in [0.29, 0.717) is 12.0 Å². The Morgan fingerprint density at radius 1 is 1.29 bits per heavy atom. The number of benzene rings is 1. The Balaban J connectivity index is 2.82. The number of nitrogens with one attached hydrogen (secondary N) is 1. The number of ether oxygens (including phenoxy) is 1. The predicted octanol–water partition coefficient (Wildman–Crippen LogP) is 2.80. The number of pyridine rings is 1. The lowest BCUT2D eigenvalue weighted by atomic mass is 10.1. The normalized spacial score (nSPS) is 10.8. The van der Waals surface area contributed by atoms with Crippen LogP contribution < -0.4 is 10.2 Å². The summed E-state index contributed by atoms with van der Waals surface area (Å²) in [7, 11) is 0. The number of aryl methyl sites for hydroxylation is 1. The summed E-state index contributed by atoms with van der Waals surface area (Å²) in [5, 5.41) is 0.700. The lowest BCUT2D eigenvalue weighted by molar-refractivity contribution is 0.343. The molecule has 1 aromatic carbocycles. The van der Waals surface area contributed by atoms with Crippen molar-refractivity contribution in [1.29, 1.82) is 0 Å². The van der Waals surface area contributed by atoms with Crippen molar-refractivity contribution in [3.05, 3.63) is 39.7 Å². The van der Waals surface area contributed by atoms with E-state index in [0.717, 1.165) is 28.9 Å². The highest BCUT2D eigenvalue weighted by Gasteiger charge is 2.10. The number of rotatable bonds is 3. The third-order valence-corrected chi connectivity index (χ3v) is 2.99. The number of fused-ring (bicyclic) bond motifs is 1. The Morgan fingerprint density at radius 2 is 2.06 bits per heavy atom. The van der Waals surface area contributed by atoms with Crippen LogP contribution in [0.3, 0.4) is 0 Å². The third-order valence-electron chi connectivity index (χ3n) is 2.99. The molecule has 17 heavy (non-hydrogen) atoms. The summed E-state index contributed by atoms with van der Waals surface area (Å²) in [6, 6.07) is 5.58. The van der Waals surface area contributed by atoms with Crippen LogP contribution in [-0.2, 0) is 6.42 Å². The number of hydrogen-bond acceptors (Lipinski definition) is 2. The summed E-state index contributed by atoms with van der Waals surface area (Å²) < 4.78 is 5.54. The topological polar surface area (TPSA) is 42.1 Å². The number of para-hydroxylation sites is 1. The zero-order valence-corrected chi connectivity index (χ0v) is 10.5. The average Bonchev–Trinajstić information content (AvgIpc) is 2.34. The molecule has 1 N–H and O–H groups in total. The Kier molecular flexibility index (Phi) is 3.18. The molecule has 0 radical (unpaired) electrons. The van der Waals surface area contributed by atoms with E-state index in [1.165, 1.54) is 0 Å². The fourth-order valence-corrected chi connectivity index (χ4v) is 2.06. The first-order chi connectivity index (χ1) is 8.19. The van der Waals surface area contributed by atoms with Crippen molar-refractivity contribution in [2.24, 2.45) is 0 Å². The first-order valence-corrected chi connectivity index (χ1v) is 5.96. The van der Waals surface area contributed by atoms with Gasteiger partial charge in [-0.2, -0.15) is 0 Å².